The summed E-state index contributed by atoms with van der Waals surface area (Å²) in [4.78, 5) is 11.6. The summed E-state index contributed by atoms with van der Waals surface area (Å²) in [6, 6.07) is 7.02. The van der Waals surface area contributed by atoms with Crippen LogP contribution in [0.3, 0.4) is 0 Å². The van der Waals surface area contributed by atoms with Gasteiger partial charge in [0, 0.05) is 10.9 Å². The van der Waals surface area contributed by atoms with Crippen LogP contribution >= 0.6 is 0 Å². The van der Waals surface area contributed by atoms with Crippen LogP contribution in [0.25, 0.3) is 10.9 Å². The molecule has 0 aliphatic carbocycles. The second-order valence-electron chi connectivity index (χ2n) is 4.06. The number of aryl methyl sites for hydroxylation is 1. The third-order valence-electron chi connectivity index (χ3n) is 2.92. The number of rotatable bonds is 3. The number of para-hydroxylation sites is 1. The molecule has 0 saturated carbocycles. The average Bonchev–Trinajstić information content (AvgIpc) is 2.36. The Morgan fingerprint density at radius 2 is 2.00 bits per heavy atom. The molecule has 0 spiro atoms. The first kappa shape index (κ1) is 11.5. The third-order valence-corrected chi connectivity index (χ3v) is 2.92. The monoisotopic (exact) mass is 233 g/mol. The Labute approximate surface area is 98.7 Å². The van der Waals surface area contributed by atoms with Crippen molar-refractivity contribution >= 4 is 10.9 Å². The van der Waals surface area contributed by atoms with Crippen LogP contribution in [0, 0.1) is 0 Å². The van der Waals surface area contributed by atoms with Gasteiger partial charge in [-0.15, -0.1) is 4.73 Å². The Morgan fingerprint density at radius 1 is 1.29 bits per heavy atom. The van der Waals surface area contributed by atoms with E-state index in [2.05, 4.69) is 0 Å². The van der Waals surface area contributed by atoms with Gasteiger partial charge in [0.15, 0.2) is 5.75 Å². The topological polar surface area (TPSA) is 62.5 Å². The van der Waals surface area contributed by atoms with Crippen LogP contribution in [0.1, 0.15) is 25.3 Å². The molecule has 0 aliphatic rings. The van der Waals surface area contributed by atoms with E-state index in [0.29, 0.717) is 22.2 Å². The summed E-state index contributed by atoms with van der Waals surface area (Å²) >= 11 is 0. The van der Waals surface area contributed by atoms with Crippen molar-refractivity contribution < 1.29 is 10.3 Å². The molecule has 0 radical (unpaired) electrons. The van der Waals surface area contributed by atoms with Crippen LogP contribution in [0.5, 0.6) is 5.75 Å². The lowest BCUT2D eigenvalue weighted by Crippen LogP contribution is -2.19. The van der Waals surface area contributed by atoms with Crippen molar-refractivity contribution in [1.82, 2.24) is 4.73 Å². The van der Waals surface area contributed by atoms with Gasteiger partial charge in [-0.25, -0.2) is 0 Å². The molecule has 4 heteroatoms. The molecule has 1 aromatic heterocycles. The predicted molar refractivity (Wildman–Crippen MR) is 65.7 cm³/mol. The number of fused-ring (bicyclic) bond motifs is 1. The van der Waals surface area contributed by atoms with E-state index in [-0.39, 0.29) is 5.75 Å². The molecule has 0 atom stereocenters. The standard InChI is InChI=1S/C13H15NO3/c1-2-3-6-10-9-7-4-5-8-11(9)14(17)13(16)12(10)15/h4-5,7-8,15,17H,2-3,6H2,1H3. The van der Waals surface area contributed by atoms with Crippen LogP contribution in [-0.4, -0.2) is 15.0 Å². The summed E-state index contributed by atoms with van der Waals surface area (Å²) < 4.78 is 0.500. The fraction of sp³-hybridized carbons (Fsp3) is 0.308. The smallest absolute Gasteiger partial charge is 0.325 e. The van der Waals surface area contributed by atoms with Gasteiger partial charge in [-0.1, -0.05) is 31.5 Å². The molecule has 0 fully saturated rings. The molecule has 1 aromatic carbocycles. The Balaban J connectivity index is 2.76. The van der Waals surface area contributed by atoms with E-state index in [1.165, 1.54) is 0 Å². The molecule has 2 N–H and O–H groups in total. The van der Waals surface area contributed by atoms with E-state index in [1.807, 2.05) is 13.0 Å². The molecule has 0 unspecified atom stereocenters. The zero-order chi connectivity index (χ0) is 12.4. The number of benzene rings is 1. The van der Waals surface area contributed by atoms with Crippen molar-refractivity contribution in [3.05, 3.63) is 40.2 Å². The highest BCUT2D eigenvalue weighted by Crippen LogP contribution is 2.24. The minimum absolute atomic E-state index is 0.348. The summed E-state index contributed by atoms with van der Waals surface area (Å²) in [5.41, 5.74) is 0.300. The highest BCUT2D eigenvalue weighted by atomic mass is 16.5. The molecule has 2 rings (SSSR count). The SMILES string of the molecule is CCCCc1c(O)c(=O)n(O)c2ccccc12. The first-order chi connectivity index (χ1) is 8.16. The number of aromatic hydroxyl groups is 1. The average molecular weight is 233 g/mol. The summed E-state index contributed by atoms with van der Waals surface area (Å²) in [6.07, 6.45) is 2.52. The predicted octanol–water partition coefficient (Wildman–Crippen LogP) is 2.29. The van der Waals surface area contributed by atoms with Gasteiger partial charge in [0.05, 0.1) is 5.52 Å². The Kier molecular flexibility index (Phi) is 3.04. The number of aromatic nitrogens is 1. The van der Waals surface area contributed by atoms with Crippen molar-refractivity contribution in [2.75, 3.05) is 0 Å². The molecule has 1 heterocycles. The minimum Gasteiger partial charge on any atom is -0.503 e. The Hall–Kier alpha value is -1.97. The van der Waals surface area contributed by atoms with Gasteiger partial charge < -0.3 is 10.3 Å². The number of unbranched alkanes of at least 4 members (excludes halogenated alkanes) is 1. The lowest BCUT2D eigenvalue weighted by atomic mass is 10.0. The van der Waals surface area contributed by atoms with Gasteiger partial charge in [0.25, 0.3) is 0 Å². The van der Waals surface area contributed by atoms with Crippen LogP contribution in [0.15, 0.2) is 29.1 Å². The minimum atomic E-state index is -0.755. The molecule has 0 amide bonds. The van der Waals surface area contributed by atoms with Gasteiger partial charge >= 0.3 is 5.56 Å². The first-order valence-corrected chi connectivity index (χ1v) is 5.71. The highest BCUT2D eigenvalue weighted by Gasteiger charge is 2.14. The number of hydrogen-bond donors (Lipinski definition) is 2. The molecule has 90 valence electrons. The maximum absolute atomic E-state index is 11.6. The van der Waals surface area contributed by atoms with E-state index in [1.54, 1.807) is 18.2 Å². The lowest BCUT2D eigenvalue weighted by molar-refractivity contribution is 0.184. The zero-order valence-electron chi connectivity index (χ0n) is 9.68. The van der Waals surface area contributed by atoms with Crippen LogP contribution < -0.4 is 5.56 Å². The Morgan fingerprint density at radius 3 is 2.71 bits per heavy atom. The molecule has 17 heavy (non-hydrogen) atoms. The lowest BCUT2D eigenvalue weighted by Gasteiger charge is -2.10. The molecule has 0 saturated heterocycles. The third kappa shape index (κ3) is 1.86. The van der Waals surface area contributed by atoms with Crippen molar-refractivity contribution in [2.45, 2.75) is 26.2 Å². The van der Waals surface area contributed by atoms with E-state index in [0.717, 1.165) is 18.2 Å². The normalized spacial score (nSPS) is 10.9. The zero-order valence-corrected chi connectivity index (χ0v) is 9.68. The van der Waals surface area contributed by atoms with Crippen molar-refractivity contribution in [2.24, 2.45) is 0 Å². The highest BCUT2D eigenvalue weighted by molar-refractivity contribution is 5.84. The number of pyridine rings is 1. The second-order valence-corrected chi connectivity index (χ2v) is 4.06. The summed E-state index contributed by atoms with van der Waals surface area (Å²) in [6.45, 7) is 2.05. The second kappa shape index (κ2) is 4.49. The fourth-order valence-electron chi connectivity index (χ4n) is 1.99. The van der Waals surface area contributed by atoms with E-state index < -0.39 is 5.56 Å². The van der Waals surface area contributed by atoms with Gasteiger partial charge in [0.2, 0.25) is 0 Å². The first-order valence-electron chi connectivity index (χ1n) is 5.71. The van der Waals surface area contributed by atoms with Gasteiger partial charge in [-0.05, 0) is 18.9 Å². The van der Waals surface area contributed by atoms with E-state index in [9.17, 15) is 15.1 Å². The maximum Gasteiger partial charge on any atom is 0.325 e. The van der Waals surface area contributed by atoms with E-state index in [4.69, 9.17) is 0 Å². The van der Waals surface area contributed by atoms with Crippen molar-refractivity contribution in [3.8, 4) is 5.75 Å². The quantitative estimate of drug-likeness (QED) is 0.799. The maximum atomic E-state index is 11.6. The molecular weight excluding hydrogens is 218 g/mol. The van der Waals surface area contributed by atoms with Gasteiger partial charge in [-0.2, -0.15) is 0 Å². The van der Waals surface area contributed by atoms with Gasteiger partial charge in [-0.3, -0.25) is 4.79 Å². The van der Waals surface area contributed by atoms with Crippen LogP contribution in [0.2, 0.25) is 0 Å². The molecular formula is C13H15NO3. The van der Waals surface area contributed by atoms with E-state index >= 15 is 0 Å². The van der Waals surface area contributed by atoms with Crippen molar-refractivity contribution in [1.29, 1.82) is 0 Å². The summed E-state index contributed by atoms with van der Waals surface area (Å²) in [5.74, 6) is -0.348. The van der Waals surface area contributed by atoms with Crippen LogP contribution in [0.4, 0.5) is 0 Å². The number of hydrogen-bond acceptors (Lipinski definition) is 3. The van der Waals surface area contributed by atoms with Crippen LogP contribution in [-0.2, 0) is 6.42 Å². The number of nitrogens with zero attached hydrogens (tertiary/aromatic N) is 1. The molecule has 4 nitrogen and oxygen atoms in total. The molecule has 0 bridgehead atoms. The Bertz CT molecular complexity index is 601. The van der Waals surface area contributed by atoms with Crippen molar-refractivity contribution in [3.63, 3.8) is 0 Å². The van der Waals surface area contributed by atoms with Gasteiger partial charge in [0.1, 0.15) is 0 Å². The molecule has 0 aliphatic heterocycles. The molecule has 2 aromatic rings. The summed E-state index contributed by atoms with van der Waals surface area (Å²) in [5, 5.41) is 20.2. The summed E-state index contributed by atoms with van der Waals surface area (Å²) in [7, 11) is 0. The fourth-order valence-corrected chi connectivity index (χ4v) is 1.99. The largest absolute Gasteiger partial charge is 0.503 e.